The Morgan fingerprint density at radius 1 is 0.693 bits per heavy atom. The molecule has 18 unspecified atom stereocenters. The molecular formula is C103H127N11O26. The molecule has 0 radical (unpaired) electrons. The maximum absolute atomic E-state index is 15.7. The molecule has 19 N–H and O–H groups in total. The average molecular weight is 1940 g/mol. The van der Waals surface area contributed by atoms with E-state index in [0.29, 0.717) is 98.9 Å². The highest BCUT2D eigenvalue weighted by molar-refractivity contribution is 6.21. The lowest BCUT2D eigenvalue weighted by molar-refractivity contribution is -0.229. The number of hydrazine groups is 1. The summed E-state index contributed by atoms with van der Waals surface area (Å²) in [6.45, 7) is 9.62. The fraction of sp³-hybridized carbons (Fsp3) is 0.534. The molecule has 6 aliphatic carbocycles. The van der Waals surface area contributed by atoms with E-state index in [1.807, 2.05) is 69.3 Å². The number of carbonyl (C=O) groups excluding carboxylic acids is 9. The van der Waals surface area contributed by atoms with E-state index >= 15 is 4.79 Å². The zero-order valence-electron chi connectivity index (χ0n) is 79.5. The van der Waals surface area contributed by atoms with Gasteiger partial charge in [0.25, 0.3) is 17.4 Å². The second-order valence-corrected chi connectivity index (χ2v) is 39.8. The minimum Gasteiger partial charge on any atom is -0.496 e. The van der Waals surface area contributed by atoms with E-state index in [1.165, 1.54) is 43.5 Å². The second-order valence-electron chi connectivity index (χ2n) is 39.8. The van der Waals surface area contributed by atoms with Crippen LogP contribution in [0.25, 0.3) is 5.57 Å². The maximum Gasteiger partial charge on any atom is 0.326 e. The Morgan fingerprint density at radius 3 is 1.95 bits per heavy atom. The minimum absolute atomic E-state index is 0.0213. The third-order valence-corrected chi connectivity index (χ3v) is 31.2. The predicted molar refractivity (Wildman–Crippen MR) is 511 cm³/mol. The summed E-state index contributed by atoms with van der Waals surface area (Å²) in [5.41, 5.74) is 16.8. The third-order valence-electron chi connectivity index (χ3n) is 31.2. The Balaban J connectivity index is 0.631. The Labute approximate surface area is 808 Å². The lowest BCUT2D eigenvalue weighted by atomic mass is 9.42. The Kier molecular flexibility index (Phi) is 32.5. The van der Waals surface area contributed by atoms with Crippen molar-refractivity contribution >= 4 is 128 Å². The number of Topliss-reactive ketones (excluding diaryl/α,β-unsaturated/α-hetero) is 5. The van der Waals surface area contributed by atoms with Gasteiger partial charge in [-0.2, -0.15) is 4.98 Å². The largest absolute Gasteiger partial charge is 0.496 e. The molecule has 140 heavy (non-hydrogen) atoms. The van der Waals surface area contributed by atoms with Gasteiger partial charge in [0.15, 0.2) is 17.1 Å². The molecule has 37 nitrogen and oxygen atoms in total. The van der Waals surface area contributed by atoms with Crippen LogP contribution >= 0.6 is 0 Å². The first-order valence-corrected chi connectivity index (χ1v) is 48.4. The van der Waals surface area contributed by atoms with Gasteiger partial charge in [-0.05, 0) is 222 Å². The maximum atomic E-state index is 15.7. The number of ether oxygens (including phenoxy) is 1. The van der Waals surface area contributed by atoms with Crippen molar-refractivity contribution in [3.8, 4) is 5.75 Å². The van der Waals surface area contributed by atoms with Gasteiger partial charge in [-0.25, -0.2) is 15.2 Å². The molecule has 19 atom stereocenters. The number of benzene rings is 4. The van der Waals surface area contributed by atoms with E-state index in [0.717, 1.165) is 38.3 Å². The number of nitrogen functional groups attached to an aromatic ring is 1. The number of nitrogens with zero attached hydrogens (tertiary/aromatic N) is 3. The van der Waals surface area contributed by atoms with Gasteiger partial charge in [0.1, 0.15) is 52.2 Å². The van der Waals surface area contributed by atoms with Crippen LogP contribution in [0.4, 0.5) is 28.8 Å². The van der Waals surface area contributed by atoms with Crippen LogP contribution in [0.5, 0.6) is 5.75 Å². The molecule has 1 aromatic heterocycles. The van der Waals surface area contributed by atoms with Crippen LogP contribution in [0, 0.1) is 58.7 Å². The number of aromatic amines is 1. The van der Waals surface area contributed by atoms with E-state index in [9.17, 15) is 118 Å². The van der Waals surface area contributed by atoms with Gasteiger partial charge in [-0.1, -0.05) is 82.2 Å². The van der Waals surface area contributed by atoms with Crippen LogP contribution in [0.15, 0.2) is 112 Å². The van der Waals surface area contributed by atoms with Gasteiger partial charge >= 0.3 is 35.8 Å². The van der Waals surface area contributed by atoms with E-state index < -0.39 is 258 Å². The van der Waals surface area contributed by atoms with Crippen molar-refractivity contribution < 1.29 is 123 Å². The minimum atomic E-state index is -2.51. The quantitative estimate of drug-likeness (QED) is 0.00745. The van der Waals surface area contributed by atoms with Gasteiger partial charge in [0.2, 0.25) is 17.8 Å². The van der Waals surface area contributed by atoms with Crippen molar-refractivity contribution in [1.29, 1.82) is 0 Å². The highest BCUT2D eigenvalue weighted by Crippen LogP contribution is 2.76. The fourth-order valence-electron chi connectivity index (χ4n) is 24.0. The Bertz CT molecular complexity index is 5850. The number of anilines is 4. The number of amides is 4. The van der Waals surface area contributed by atoms with Crippen LogP contribution in [-0.2, 0) is 84.4 Å². The van der Waals surface area contributed by atoms with Crippen molar-refractivity contribution in [2.75, 3.05) is 41.5 Å². The second kappa shape index (κ2) is 43.5. The van der Waals surface area contributed by atoms with Gasteiger partial charge < -0.3 is 78.1 Å². The van der Waals surface area contributed by atoms with Crippen LogP contribution in [0.2, 0.25) is 0 Å². The summed E-state index contributed by atoms with van der Waals surface area (Å²) >= 11 is 0. The number of carboxylic acid groups (broad SMARTS) is 6. The summed E-state index contributed by atoms with van der Waals surface area (Å²) in [4.78, 5) is 230. The lowest BCUT2D eigenvalue weighted by Gasteiger charge is -2.63. The predicted octanol–water partition coefficient (Wildman–Crippen LogP) is 9.87. The average Bonchev–Trinajstić information content (AvgIpc) is 1.47. The zero-order chi connectivity index (χ0) is 102. The number of aromatic nitrogens is 2. The lowest BCUT2D eigenvalue weighted by Crippen LogP contribution is -2.75. The molecule has 2 aliphatic heterocycles. The normalized spacial score (nSPS) is 25.3. The van der Waals surface area contributed by atoms with Crippen LogP contribution in [0.3, 0.4) is 0 Å². The molecule has 0 bridgehead atoms. The molecule has 3 heterocycles. The number of ketones is 5. The number of aliphatic carboxylic acids is 6. The number of methoxy groups -OCH3 is 1. The van der Waals surface area contributed by atoms with Crippen molar-refractivity contribution in [3.63, 3.8) is 0 Å². The summed E-state index contributed by atoms with van der Waals surface area (Å²) in [5, 5.41) is 111. The van der Waals surface area contributed by atoms with Crippen molar-refractivity contribution in [3.05, 3.63) is 152 Å². The topological polar surface area (TPSA) is 621 Å². The summed E-state index contributed by atoms with van der Waals surface area (Å²) in [6.07, 6.45) is -1.19. The first kappa shape index (κ1) is 105. The van der Waals surface area contributed by atoms with Gasteiger partial charge in [-0.15, -0.1) is 0 Å². The molecule has 750 valence electrons. The van der Waals surface area contributed by atoms with Gasteiger partial charge in [0.05, 0.1) is 62.4 Å². The first-order chi connectivity index (χ1) is 66.4. The number of hydrogen-bond acceptors (Lipinski definition) is 27. The summed E-state index contributed by atoms with van der Waals surface area (Å²) < 4.78 is 6.35. The number of H-pyrrole nitrogens is 1. The van der Waals surface area contributed by atoms with Crippen molar-refractivity contribution in [2.45, 2.75) is 267 Å². The van der Waals surface area contributed by atoms with Crippen LogP contribution in [-0.4, -0.2) is 200 Å². The number of nitrogens with two attached hydrogens (primary N) is 2. The van der Waals surface area contributed by atoms with E-state index in [4.69, 9.17) is 16.2 Å². The number of imide groups is 1. The number of fused-ring (bicyclic) bond motifs is 4. The molecule has 13 rings (SSSR count). The first-order valence-electron chi connectivity index (χ1n) is 48.4. The number of unbranched alkanes of at least 4 members (excludes halogenated alkanes) is 1. The molecule has 4 aromatic carbocycles. The van der Waals surface area contributed by atoms with Crippen molar-refractivity contribution in [2.24, 2.45) is 69.4 Å². The smallest absolute Gasteiger partial charge is 0.326 e. The molecular weight excluding hydrogens is 1810 g/mol. The molecule has 3 fully saturated rings. The molecule has 37 heteroatoms. The number of hydrogen-bond donors (Lipinski definition) is 17. The van der Waals surface area contributed by atoms with E-state index in [-0.39, 0.29) is 98.2 Å². The molecule has 2 saturated carbocycles. The number of carbonyl (C=O) groups is 15. The standard InChI is InChI=1S/C103H127N11O26/c1-7-99(138)34-14-20-71-70-19-12-11-16-59(70)40-73(71)101(38-37-99,97(136)137)75-50-74-72(49-81(75)140-6)54(4)87-102(74)36-33-57-18-13-35-100(8-2,88(57)102)95(134)103(87,139)96(135)113-112-55(5)56-25-29-68(30-26-56)114-82(120)45-61(92(114)129)21-22-62(93(130)131)42-79(118)65(48-85(125)126)44-80(119)64(47-84(123)124)43-77(116)60(17-10-9-15-53(3)104)41-78(117)63(46-83(121)122)39-69(115)31-32-76(94(132)133)109-90(127)58-23-27-66(28-24-58)106-51-67-52-107-89-86(108-67)91(128)111-98(105)110-89/h11-13,16,19,23-30,35,49-50,53-55,57,60-65,76,87-88,95,106,112,134,138-139H,7-10,14-15,17-18,20-22,31-34,36-48,51-52,104H2,1-6H3,(H,109,127)(H,113,135)(H,121,122)(H,123,124)(H,125,126)(H,130,131)(H,132,133)(H,136,137)(H4,105,107,110,111,128)/t53?,54?,55?,57?,60?,61?,62?,63?,64?,65?,76?,87?,88?,95?,99?,100?,101-,102?,103?/m1/s1. The highest BCUT2D eigenvalue weighted by atomic mass is 16.5. The Hall–Kier alpha value is -12.8. The number of aliphatic imine (C=N–C) groups is 1. The summed E-state index contributed by atoms with van der Waals surface area (Å²) in [5.74, 6) is -27.3. The number of carboxylic acids is 6. The number of rotatable bonds is 48. The summed E-state index contributed by atoms with van der Waals surface area (Å²) in [7, 11) is 1.51. The fourth-order valence-corrected chi connectivity index (χ4v) is 24.0. The number of allylic oxidation sites excluding steroid dienone is 2. The Morgan fingerprint density at radius 2 is 1.33 bits per heavy atom. The molecule has 8 aliphatic rings. The SMILES string of the molecule is CCC1(O)CCCC2=C(Cc3ccccc32)[C@@](C(=O)O)(c2cc3c(cc2OC)C(C)C2C(O)(C(=O)NNC(C)c4ccc(N5C(=O)CC(CCC(CC(=O)C(CC(=O)O)CC(=O)C(CC(=O)O)CC(=O)C(CCCCC(C)N)CC(=O)C(CC(=O)O)CC(=O)CCC(NC(=O)c6ccc(NCC7=Nc8c(nc(N)[nH]c8=O)NC7)cc6)C(=O)O)C(=O)O)C5=O)cc4)C(O)C4(CC)C=CCC5CCC32C54)CC1. The summed E-state index contributed by atoms with van der Waals surface area (Å²) in [6, 6.07) is 21.1. The molecule has 1 spiro atoms. The number of nitrogens with one attached hydrogen (secondary N) is 6. The van der Waals surface area contributed by atoms with Crippen LogP contribution < -0.4 is 53.5 Å². The molecule has 1 saturated heterocycles. The van der Waals surface area contributed by atoms with Crippen molar-refractivity contribution in [1.82, 2.24) is 26.1 Å². The van der Waals surface area contributed by atoms with E-state index in [1.54, 1.807) is 26.0 Å². The number of aliphatic hydroxyl groups is 3. The highest BCUT2D eigenvalue weighted by Gasteiger charge is 2.78. The monoisotopic (exact) mass is 1930 g/mol. The zero-order valence-corrected chi connectivity index (χ0v) is 79.5. The van der Waals surface area contributed by atoms with Crippen LogP contribution in [0.1, 0.15) is 264 Å². The molecule has 4 amide bonds. The van der Waals surface area contributed by atoms with E-state index in [2.05, 4.69) is 41.8 Å². The molecule has 5 aromatic rings. The van der Waals surface area contributed by atoms with Gasteiger partial charge in [-0.3, -0.25) is 87.2 Å². The number of aliphatic hydroxyl groups excluding tert-OH is 1. The van der Waals surface area contributed by atoms with Gasteiger partial charge in [0, 0.05) is 120 Å². The third kappa shape index (κ3) is 21.6.